The van der Waals surface area contributed by atoms with Crippen LogP contribution < -0.4 is 5.73 Å². The zero-order valence-corrected chi connectivity index (χ0v) is 11.2. The standard InChI is InChI=1S/C12H17Cl2NO2/c1-17-5-4-9(15)7-12(16)10-3-2-8(13)6-11(10)14/h2-3,6,9,12,16H,4-5,7,15H2,1H3. The van der Waals surface area contributed by atoms with E-state index in [1.54, 1.807) is 25.3 Å². The minimum Gasteiger partial charge on any atom is -0.388 e. The van der Waals surface area contributed by atoms with E-state index in [2.05, 4.69) is 0 Å². The summed E-state index contributed by atoms with van der Waals surface area (Å²) in [5.41, 5.74) is 6.53. The van der Waals surface area contributed by atoms with Gasteiger partial charge in [0.15, 0.2) is 0 Å². The van der Waals surface area contributed by atoms with Crippen molar-refractivity contribution in [1.29, 1.82) is 0 Å². The largest absolute Gasteiger partial charge is 0.388 e. The van der Waals surface area contributed by atoms with Crippen molar-refractivity contribution < 1.29 is 9.84 Å². The molecular weight excluding hydrogens is 261 g/mol. The number of ether oxygens (including phenoxy) is 1. The van der Waals surface area contributed by atoms with E-state index in [4.69, 9.17) is 33.7 Å². The van der Waals surface area contributed by atoms with Crippen LogP contribution in [0.4, 0.5) is 0 Å². The van der Waals surface area contributed by atoms with E-state index in [9.17, 15) is 5.11 Å². The van der Waals surface area contributed by atoms with Gasteiger partial charge in [0.05, 0.1) is 6.10 Å². The van der Waals surface area contributed by atoms with Gasteiger partial charge in [-0.05, 0) is 30.5 Å². The van der Waals surface area contributed by atoms with Crippen molar-refractivity contribution in [2.45, 2.75) is 25.0 Å². The third-order valence-corrected chi connectivity index (χ3v) is 3.10. The molecule has 0 aromatic heterocycles. The van der Waals surface area contributed by atoms with Gasteiger partial charge >= 0.3 is 0 Å². The normalized spacial score (nSPS) is 14.6. The maximum atomic E-state index is 10.0. The fraction of sp³-hybridized carbons (Fsp3) is 0.500. The van der Waals surface area contributed by atoms with Gasteiger partial charge < -0.3 is 15.6 Å². The second kappa shape index (κ2) is 7.19. The molecule has 0 aliphatic rings. The van der Waals surface area contributed by atoms with Crippen LogP contribution in [0.3, 0.4) is 0 Å². The van der Waals surface area contributed by atoms with Gasteiger partial charge in [0.25, 0.3) is 0 Å². The average molecular weight is 278 g/mol. The van der Waals surface area contributed by atoms with Gasteiger partial charge in [-0.15, -0.1) is 0 Å². The number of rotatable bonds is 6. The molecule has 0 aliphatic carbocycles. The number of methoxy groups -OCH3 is 1. The highest BCUT2D eigenvalue weighted by Crippen LogP contribution is 2.28. The first-order valence-corrected chi connectivity index (χ1v) is 6.17. The molecule has 2 atom stereocenters. The van der Waals surface area contributed by atoms with E-state index in [0.717, 1.165) is 0 Å². The average Bonchev–Trinajstić information content (AvgIpc) is 2.26. The molecule has 5 heteroatoms. The molecule has 2 unspecified atom stereocenters. The Morgan fingerprint density at radius 1 is 1.41 bits per heavy atom. The third kappa shape index (κ3) is 4.82. The van der Waals surface area contributed by atoms with Gasteiger partial charge in [0, 0.05) is 29.8 Å². The lowest BCUT2D eigenvalue weighted by molar-refractivity contribution is 0.141. The number of hydrogen-bond donors (Lipinski definition) is 2. The second-order valence-electron chi connectivity index (χ2n) is 3.96. The van der Waals surface area contributed by atoms with Gasteiger partial charge in [0.2, 0.25) is 0 Å². The van der Waals surface area contributed by atoms with E-state index in [0.29, 0.717) is 35.1 Å². The van der Waals surface area contributed by atoms with Crippen LogP contribution in [0.25, 0.3) is 0 Å². The molecule has 0 saturated heterocycles. The number of hydrogen-bond acceptors (Lipinski definition) is 3. The minimum atomic E-state index is -0.674. The van der Waals surface area contributed by atoms with Crippen molar-refractivity contribution in [2.75, 3.05) is 13.7 Å². The topological polar surface area (TPSA) is 55.5 Å². The van der Waals surface area contributed by atoms with Crippen LogP contribution in [0.5, 0.6) is 0 Å². The van der Waals surface area contributed by atoms with Gasteiger partial charge in [-0.2, -0.15) is 0 Å². The van der Waals surface area contributed by atoms with Crippen LogP contribution in [-0.2, 0) is 4.74 Å². The van der Waals surface area contributed by atoms with Gasteiger partial charge in [-0.3, -0.25) is 0 Å². The lowest BCUT2D eigenvalue weighted by Crippen LogP contribution is -2.24. The summed E-state index contributed by atoms with van der Waals surface area (Å²) in [6.07, 6.45) is 0.482. The first-order chi connectivity index (χ1) is 8.04. The van der Waals surface area contributed by atoms with Crippen LogP contribution in [0, 0.1) is 0 Å². The van der Waals surface area contributed by atoms with Crippen LogP contribution in [-0.4, -0.2) is 24.9 Å². The minimum absolute atomic E-state index is 0.114. The predicted octanol–water partition coefficient (Wildman–Crippen LogP) is 2.78. The number of benzene rings is 1. The Kier molecular flexibility index (Phi) is 6.23. The smallest absolute Gasteiger partial charge is 0.0819 e. The highest BCUT2D eigenvalue weighted by molar-refractivity contribution is 6.35. The lowest BCUT2D eigenvalue weighted by Gasteiger charge is -2.17. The van der Waals surface area contributed by atoms with Gasteiger partial charge in [0.1, 0.15) is 0 Å². The molecule has 1 rings (SSSR count). The third-order valence-electron chi connectivity index (χ3n) is 2.54. The molecule has 0 bridgehead atoms. The second-order valence-corrected chi connectivity index (χ2v) is 4.80. The Morgan fingerprint density at radius 3 is 2.71 bits per heavy atom. The molecule has 0 spiro atoms. The van der Waals surface area contributed by atoms with Crippen molar-refractivity contribution in [2.24, 2.45) is 5.73 Å². The molecule has 0 heterocycles. The van der Waals surface area contributed by atoms with E-state index in [1.165, 1.54) is 0 Å². The molecule has 0 amide bonds. The fourth-order valence-electron chi connectivity index (χ4n) is 1.57. The number of nitrogens with two attached hydrogens (primary N) is 1. The predicted molar refractivity (Wildman–Crippen MR) is 70.5 cm³/mol. The zero-order valence-electron chi connectivity index (χ0n) is 9.70. The van der Waals surface area contributed by atoms with Crippen molar-refractivity contribution in [1.82, 2.24) is 0 Å². The van der Waals surface area contributed by atoms with Gasteiger partial charge in [-0.1, -0.05) is 29.3 Å². The fourth-order valence-corrected chi connectivity index (χ4v) is 2.11. The van der Waals surface area contributed by atoms with Crippen LogP contribution >= 0.6 is 23.2 Å². The molecule has 0 saturated carbocycles. The number of aliphatic hydroxyl groups is 1. The van der Waals surface area contributed by atoms with Crippen molar-refractivity contribution in [3.8, 4) is 0 Å². The van der Waals surface area contributed by atoms with E-state index < -0.39 is 6.10 Å². The summed E-state index contributed by atoms with van der Waals surface area (Å²) >= 11 is 11.8. The van der Waals surface area contributed by atoms with Crippen molar-refractivity contribution >= 4 is 23.2 Å². The monoisotopic (exact) mass is 277 g/mol. The molecule has 96 valence electrons. The zero-order chi connectivity index (χ0) is 12.8. The lowest BCUT2D eigenvalue weighted by atomic mass is 10.0. The number of halogens is 2. The van der Waals surface area contributed by atoms with E-state index in [1.807, 2.05) is 0 Å². The Hall–Kier alpha value is -0.320. The summed E-state index contributed by atoms with van der Waals surface area (Å²) in [6.45, 7) is 0.586. The molecule has 3 N–H and O–H groups in total. The first-order valence-electron chi connectivity index (χ1n) is 5.42. The number of aliphatic hydroxyl groups excluding tert-OH is 1. The first kappa shape index (κ1) is 14.7. The quantitative estimate of drug-likeness (QED) is 0.841. The molecular formula is C12H17Cl2NO2. The van der Waals surface area contributed by atoms with Crippen molar-refractivity contribution in [3.05, 3.63) is 33.8 Å². The Balaban J connectivity index is 2.60. The molecule has 0 fully saturated rings. The summed E-state index contributed by atoms with van der Waals surface area (Å²) < 4.78 is 4.93. The van der Waals surface area contributed by atoms with Crippen molar-refractivity contribution in [3.63, 3.8) is 0 Å². The molecule has 17 heavy (non-hydrogen) atoms. The molecule has 0 radical (unpaired) electrons. The van der Waals surface area contributed by atoms with Gasteiger partial charge in [-0.25, -0.2) is 0 Å². The van der Waals surface area contributed by atoms with Crippen LogP contribution in [0.2, 0.25) is 10.0 Å². The SMILES string of the molecule is COCCC(N)CC(O)c1ccc(Cl)cc1Cl. The highest BCUT2D eigenvalue weighted by atomic mass is 35.5. The van der Waals surface area contributed by atoms with Crippen LogP contribution in [0.15, 0.2) is 18.2 Å². The van der Waals surface area contributed by atoms with E-state index in [-0.39, 0.29) is 6.04 Å². The Labute approximate surface area is 111 Å². The highest BCUT2D eigenvalue weighted by Gasteiger charge is 2.15. The summed E-state index contributed by atoms with van der Waals surface area (Å²) in [7, 11) is 1.62. The van der Waals surface area contributed by atoms with E-state index >= 15 is 0 Å². The summed E-state index contributed by atoms with van der Waals surface area (Å²) in [4.78, 5) is 0. The summed E-state index contributed by atoms with van der Waals surface area (Å²) in [5, 5.41) is 11.0. The summed E-state index contributed by atoms with van der Waals surface area (Å²) in [6, 6.07) is 4.92. The Morgan fingerprint density at radius 2 is 2.12 bits per heavy atom. The Bertz CT molecular complexity index is 360. The summed E-state index contributed by atoms with van der Waals surface area (Å²) in [5.74, 6) is 0. The molecule has 1 aromatic carbocycles. The molecule has 0 aliphatic heterocycles. The maximum absolute atomic E-state index is 10.0. The molecule has 3 nitrogen and oxygen atoms in total. The van der Waals surface area contributed by atoms with Crippen LogP contribution in [0.1, 0.15) is 24.5 Å². The maximum Gasteiger partial charge on any atom is 0.0819 e. The molecule has 1 aromatic rings.